The van der Waals surface area contributed by atoms with Crippen LogP contribution in [0.2, 0.25) is 0 Å². The van der Waals surface area contributed by atoms with Crippen molar-refractivity contribution in [3.63, 3.8) is 0 Å². The fraction of sp³-hybridized carbons (Fsp3) is 0.318. The van der Waals surface area contributed by atoms with Crippen LogP contribution in [0.5, 0.6) is 11.5 Å². The molecule has 0 unspecified atom stereocenters. The van der Waals surface area contributed by atoms with Gasteiger partial charge in [-0.3, -0.25) is 4.99 Å². The third-order valence-corrected chi connectivity index (χ3v) is 4.57. The van der Waals surface area contributed by atoms with Crippen molar-refractivity contribution in [1.82, 2.24) is 4.98 Å². The second-order valence-electron chi connectivity index (χ2n) is 6.96. The number of guanidine groups is 1. The van der Waals surface area contributed by atoms with E-state index in [-0.39, 0.29) is 0 Å². The summed E-state index contributed by atoms with van der Waals surface area (Å²) in [6.07, 6.45) is 1.77. The molecule has 3 rings (SSSR count). The van der Waals surface area contributed by atoms with Crippen LogP contribution in [-0.2, 0) is 6.42 Å². The molecule has 1 heterocycles. The Hall–Kier alpha value is -3.15. The maximum Gasteiger partial charge on any atom is 0.193 e. The summed E-state index contributed by atoms with van der Waals surface area (Å²) >= 11 is 0. The van der Waals surface area contributed by atoms with Crippen molar-refractivity contribution in [2.24, 2.45) is 10.7 Å². The molecule has 3 aromatic rings. The molecule has 0 spiro atoms. The minimum Gasteiger partial charge on any atom is -0.497 e. The molecule has 28 heavy (non-hydrogen) atoms. The monoisotopic (exact) mass is 380 g/mol. The first kappa shape index (κ1) is 19.6. The number of benzene rings is 2. The minimum atomic E-state index is 0.438. The van der Waals surface area contributed by atoms with Crippen molar-refractivity contribution in [2.45, 2.75) is 26.7 Å². The number of aromatic amines is 1. The van der Waals surface area contributed by atoms with Gasteiger partial charge in [0.05, 0.1) is 19.7 Å². The number of H-pyrrole nitrogens is 1. The number of aromatic nitrogens is 1. The molecule has 1 aromatic heterocycles. The van der Waals surface area contributed by atoms with E-state index in [4.69, 9.17) is 15.2 Å². The van der Waals surface area contributed by atoms with Gasteiger partial charge in [-0.1, -0.05) is 6.07 Å². The number of nitrogens with one attached hydrogen (secondary N) is 2. The summed E-state index contributed by atoms with van der Waals surface area (Å²) in [5.74, 6) is 2.01. The van der Waals surface area contributed by atoms with Crippen LogP contribution in [0.1, 0.15) is 23.2 Å². The predicted octanol–water partition coefficient (Wildman–Crippen LogP) is 4.16. The molecule has 148 valence electrons. The third kappa shape index (κ3) is 4.76. The van der Waals surface area contributed by atoms with Gasteiger partial charge in [-0.15, -0.1) is 0 Å². The molecule has 6 nitrogen and oxygen atoms in total. The smallest absolute Gasteiger partial charge is 0.193 e. The van der Waals surface area contributed by atoms with Gasteiger partial charge in [0, 0.05) is 35.4 Å². The Balaban J connectivity index is 1.59. The number of hydrogen-bond acceptors (Lipinski definition) is 3. The average molecular weight is 380 g/mol. The van der Waals surface area contributed by atoms with E-state index in [0.29, 0.717) is 12.5 Å². The van der Waals surface area contributed by atoms with Crippen molar-refractivity contribution in [3.8, 4) is 11.5 Å². The second kappa shape index (κ2) is 8.69. The lowest BCUT2D eigenvalue weighted by atomic mass is 10.1. The first-order valence-corrected chi connectivity index (χ1v) is 9.37. The number of methoxy groups -OCH3 is 2. The standard InChI is InChI=1S/C22H28N4O2/c1-14-8-15(2)10-17(9-14)26-22(23)24-7-5-6-16-11-19-20(25-16)12-18(27-3)13-21(19)28-4/h8-13,25H,5-7H2,1-4H3,(H3,23,24,26). The molecule has 4 N–H and O–H groups in total. The molecule has 0 amide bonds. The Bertz CT molecular complexity index is 971. The lowest BCUT2D eigenvalue weighted by Crippen LogP contribution is -2.23. The van der Waals surface area contributed by atoms with Crippen LogP contribution in [0, 0.1) is 13.8 Å². The van der Waals surface area contributed by atoms with E-state index in [9.17, 15) is 0 Å². The molecule has 0 bridgehead atoms. The van der Waals surface area contributed by atoms with Gasteiger partial charge in [-0.2, -0.15) is 0 Å². The summed E-state index contributed by atoms with van der Waals surface area (Å²) in [5, 5.41) is 4.21. The zero-order valence-electron chi connectivity index (χ0n) is 16.9. The number of ether oxygens (including phenoxy) is 2. The highest BCUT2D eigenvalue weighted by molar-refractivity contribution is 5.92. The molecule has 0 saturated heterocycles. The summed E-state index contributed by atoms with van der Waals surface area (Å²) in [5.41, 5.74) is 11.5. The second-order valence-corrected chi connectivity index (χ2v) is 6.96. The fourth-order valence-corrected chi connectivity index (χ4v) is 3.36. The van der Waals surface area contributed by atoms with Crippen molar-refractivity contribution < 1.29 is 9.47 Å². The average Bonchev–Trinajstić information content (AvgIpc) is 3.06. The van der Waals surface area contributed by atoms with Gasteiger partial charge < -0.3 is 25.5 Å². The lowest BCUT2D eigenvalue weighted by Gasteiger charge is -2.08. The van der Waals surface area contributed by atoms with Gasteiger partial charge in [-0.05, 0) is 56.0 Å². The van der Waals surface area contributed by atoms with E-state index in [1.807, 2.05) is 12.1 Å². The highest BCUT2D eigenvalue weighted by atomic mass is 16.5. The largest absolute Gasteiger partial charge is 0.497 e. The molecule has 0 aliphatic carbocycles. The summed E-state index contributed by atoms with van der Waals surface area (Å²) < 4.78 is 10.8. The van der Waals surface area contributed by atoms with E-state index >= 15 is 0 Å². The number of hydrogen-bond donors (Lipinski definition) is 3. The molecule has 0 aliphatic rings. The third-order valence-electron chi connectivity index (χ3n) is 4.57. The molecule has 0 atom stereocenters. The first-order valence-electron chi connectivity index (χ1n) is 9.37. The van der Waals surface area contributed by atoms with E-state index in [1.165, 1.54) is 11.1 Å². The van der Waals surface area contributed by atoms with Crippen molar-refractivity contribution in [2.75, 3.05) is 26.1 Å². The molecule has 0 aliphatic heterocycles. The quantitative estimate of drug-likeness (QED) is 0.326. The molecular weight excluding hydrogens is 352 g/mol. The predicted molar refractivity (Wildman–Crippen MR) is 116 cm³/mol. The summed E-state index contributed by atoms with van der Waals surface area (Å²) in [4.78, 5) is 7.86. The highest BCUT2D eigenvalue weighted by Crippen LogP contribution is 2.31. The Morgan fingerprint density at radius 1 is 1.04 bits per heavy atom. The van der Waals surface area contributed by atoms with Crippen LogP contribution in [0.25, 0.3) is 10.9 Å². The molecule has 0 saturated carbocycles. The van der Waals surface area contributed by atoms with Gasteiger partial charge in [-0.25, -0.2) is 0 Å². The van der Waals surface area contributed by atoms with Gasteiger partial charge in [0.25, 0.3) is 0 Å². The zero-order valence-corrected chi connectivity index (χ0v) is 16.9. The molecule has 6 heteroatoms. The molecule has 2 aromatic carbocycles. The Kier molecular flexibility index (Phi) is 6.09. The van der Waals surface area contributed by atoms with Gasteiger partial charge >= 0.3 is 0 Å². The molecule has 0 fully saturated rings. The van der Waals surface area contributed by atoms with Gasteiger partial charge in [0.15, 0.2) is 5.96 Å². The Morgan fingerprint density at radius 3 is 2.46 bits per heavy atom. The summed E-state index contributed by atoms with van der Waals surface area (Å²) in [6.45, 7) is 4.78. The van der Waals surface area contributed by atoms with Crippen LogP contribution in [0.4, 0.5) is 5.69 Å². The van der Waals surface area contributed by atoms with Crippen LogP contribution in [0.3, 0.4) is 0 Å². The van der Waals surface area contributed by atoms with Crippen molar-refractivity contribution in [1.29, 1.82) is 0 Å². The number of rotatable bonds is 7. The summed E-state index contributed by atoms with van der Waals surface area (Å²) in [7, 11) is 3.32. The van der Waals surface area contributed by atoms with E-state index in [1.54, 1.807) is 14.2 Å². The number of nitrogens with two attached hydrogens (primary N) is 1. The zero-order chi connectivity index (χ0) is 20.1. The minimum absolute atomic E-state index is 0.438. The van der Waals surface area contributed by atoms with E-state index in [0.717, 1.165) is 46.6 Å². The lowest BCUT2D eigenvalue weighted by molar-refractivity contribution is 0.398. The number of aliphatic imine (C=N–C) groups is 1. The van der Waals surface area contributed by atoms with Gasteiger partial charge in [0.1, 0.15) is 11.5 Å². The Morgan fingerprint density at radius 2 is 1.79 bits per heavy atom. The van der Waals surface area contributed by atoms with Crippen LogP contribution >= 0.6 is 0 Å². The highest BCUT2D eigenvalue weighted by Gasteiger charge is 2.09. The molecule has 0 radical (unpaired) electrons. The maximum absolute atomic E-state index is 6.02. The first-order chi connectivity index (χ1) is 13.5. The number of anilines is 1. The van der Waals surface area contributed by atoms with Crippen LogP contribution in [0.15, 0.2) is 41.4 Å². The molecular formula is C22H28N4O2. The van der Waals surface area contributed by atoms with Crippen molar-refractivity contribution in [3.05, 3.63) is 53.2 Å². The van der Waals surface area contributed by atoms with E-state index in [2.05, 4.69) is 53.4 Å². The SMILES string of the molecule is COc1cc(OC)c2cc(CCCN=C(N)Nc3cc(C)cc(C)c3)[nH]c2c1. The topological polar surface area (TPSA) is 84.7 Å². The number of fused-ring (bicyclic) bond motifs is 1. The number of nitrogens with zero attached hydrogens (tertiary/aromatic N) is 1. The number of aryl methyl sites for hydroxylation is 3. The van der Waals surface area contributed by atoms with Crippen LogP contribution < -0.4 is 20.5 Å². The fourth-order valence-electron chi connectivity index (χ4n) is 3.36. The van der Waals surface area contributed by atoms with Gasteiger partial charge in [0.2, 0.25) is 0 Å². The Labute approximate surface area is 165 Å². The van der Waals surface area contributed by atoms with Crippen molar-refractivity contribution >= 4 is 22.5 Å². The normalized spacial score (nSPS) is 11.6. The van der Waals surface area contributed by atoms with Crippen LogP contribution in [-0.4, -0.2) is 31.7 Å². The van der Waals surface area contributed by atoms with E-state index < -0.39 is 0 Å². The summed E-state index contributed by atoms with van der Waals surface area (Å²) in [6, 6.07) is 12.2. The maximum atomic E-state index is 6.02.